The Morgan fingerprint density at radius 3 is 1.70 bits per heavy atom. The molecule has 0 bridgehead atoms. The molecule has 4 rings (SSSR count). The first-order valence-electron chi connectivity index (χ1n) is 8.87. The minimum Gasteiger partial charge on any atom is -0.457 e. The normalized spacial score (nSPS) is 10.5. The van der Waals surface area contributed by atoms with Crippen molar-refractivity contribution < 1.29 is 19.3 Å². The lowest BCUT2D eigenvalue weighted by molar-refractivity contribution is -0.385. The van der Waals surface area contributed by atoms with E-state index < -0.39 is 9.85 Å². The number of hydrogen-bond acceptors (Lipinski definition) is 6. The van der Waals surface area contributed by atoms with Crippen LogP contribution in [0.1, 0.15) is 0 Å². The number of ether oxygens (including phenoxy) is 2. The number of rotatable bonds is 6. The second-order valence-corrected chi connectivity index (χ2v) is 6.35. The van der Waals surface area contributed by atoms with Gasteiger partial charge in [0.1, 0.15) is 23.0 Å². The zero-order chi connectivity index (χ0) is 21.1. The second kappa shape index (κ2) is 7.88. The van der Waals surface area contributed by atoms with Gasteiger partial charge in [0.15, 0.2) is 0 Å². The van der Waals surface area contributed by atoms with Crippen molar-refractivity contribution in [1.82, 2.24) is 0 Å². The van der Waals surface area contributed by atoms with Gasteiger partial charge in [0.05, 0.1) is 9.85 Å². The topological polar surface area (TPSA) is 105 Å². The highest BCUT2D eigenvalue weighted by Crippen LogP contribution is 2.34. The van der Waals surface area contributed by atoms with Gasteiger partial charge in [-0.1, -0.05) is 12.1 Å². The molecule has 4 aromatic rings. The third-order valence-corrected chi connectivity index (χ3v) is 4.37. The molecule has 0 spiro atoms. The SMILES string of the molecule is O=[N+]([O-])c1ccc(Oc2ccc3c(Oc4ccc([N+](=O)[O-])cc4)cccc3c2)cc1. The van der Waals surface area contributed by atoms with Crippen molar-refractivity contribution in [2.24, 2.45) is 0 Å². The maximum atomic E-state index is 10.8. The predicted molar refractivity (Wildman–Crippen MR) is 110 cm³/mol. The maximum Gasteiger partial charge on any atom is 0.269 e. The second-order valence-electron chi connectivity index (χ2n) is 6.35. The third-order valence-electron chi connectivity index (χ3n) is 4.37. The van der Waals surface area contributed by atoms with Gasteiger partial charge in [0.25, 0.3) is 11.4 Å². The summed E-state index contributed by atoms with van der Waals surface area (Å²) in [4.78, 5) is 20.6. The molecule has 148 valence electrons. The Labute approximate surface area is 170 Å². The molecule has 0 radical (unpaired) electrons. The molecule has 0 fully saturated rings. The molecule has 4 aromatic carbocycles. The molecule has 0 unspecified atom stereocenters. The van der Waals surface area contributed by atoms with Crippen LogP contribution in [0.25, 0.3) is 10.8 Å². The van der Waals surface area contributed by atoms with Crippen molar-refractivity contribution in [3.05, 3.63) is 105 Å². The van der Waals surface area contributed by atoms with Crippen molar-refractivity contribution >= 4 is 22.1 Å². The summed E-state index contributed by atoms with van der Waals surface area (Å²) in [5, 5.41) is 23.2. The molecule has 0 saturated heterocycles. The average Bonchev–Trinajstić information content (AvgIpc) is 2.74. The third kappa shape index (κ3) is 4.02. The van der Waals surface area contributed by atoms with E-state index in [2.05, 4.69) is 0 Å². The first-order chi connectivity index (χ1) is 14.5. The number of hydrogen-bond donors (Lipinski definition) is 0. The van der Waals surface area contributed by atoms with Crippen LogP contribution in [0, 0.1) is 20.2 Å². The van der Waals surface area contributed by atoms with Crippen molar-refractivity contribution in [1.29, 1.82) is 0 Å². The van der Waals surface area contributed by atoms with Crippen molar-refractivity contribution in [3.63, 3.8) is 0 Å². The Morgan fingerprint density at radius 1 is 0.600 bits per heavy atom. The monoisotopic (exact) mass is 402 g/mol. The molecule has 8 heteroatoms. The molecular weight excluding hydrogens is 388 g/mol. The smallest absolute Gasteiger partial charge is 0.269 e. The van der Waals surface area contributed by atoms with E-state index in [1.54, 1.807) is 24.3 Å². The van der Waals surface area contributed by atoms with E-state index in [4.69, 9.17) is 9.47 Å². The standard InChI is InChI=1S/C22H14N2O6/c25-23(26)16-4-8-18(9-5-16)29-20-12-13-21-15(14-20)2-1-3-22(21)30-19-10-6-17(7-11-19)24(27)28/h1-14H. The largest absolute Gasteiger partial charge is 0.457 e. The molecule has 0 N–H and O–H groups in total. The summed E-state index contributed by atoms with van der Waals surface area (Å²) in [6.07, 6.45) is 0. The minimum atomic E-state index is -0.466. The van der Waals surface area contributed by atoms with Gasteiger partial charge in [0, 0.05) is 29.7 Å². The highest BCUT2D eigenvalue weighted by Gasteiger charge is 2.09. The van der Waals surface area contributed by atoms with Crippen LogP contribution in [0.15, 0.2) is 84.9 Å². The number of nitrogens with zero attached hydrogens (tertiary/aromatic N) is 2. The molecule has 0 aliphatic rings. The van der Waals surface area contributed by atoms with E-state index in [0.29, 0.717) is 23.0 Å². The van der Waals surface area contributed by atoms with Crippen LogP contribution in [0.5, 0.6) is 23.0 Å². The van der Waals surface area contributed by atoms with Crippen LogP contribution in [0.2, 0.25) is 0 Å². The molecule has 0 aromatic heterocycles. The zero-order valence-corrected chi connectivity index (χ0v) is 15.4. The number of fused-ring (bicyclic) bond motifs is 1. The summed E-state index contributed by atoms with van der Waals surface area (Å²) < 4.78 is 11.7. The molecule has 8 nitrogen and oxygen atoms in total. The molecule has 0 atom stereocenters. The number of nitro groups is 2. The van der Waals surface area contributed by atoms with Crippen LogP contribution >= 0.6 is 0 Å². The van der Waals surface area contributed by atoms with Gasteiger partial charge in [-0.25, -0.2) is 0 Å². The van der Waals surface area contributed by atoms with Crippen LogP contribution in [0.4, 0.5) is 11.4 Å². The van der Waals surface area contributed by atoms with Gasteiger partial charge in [-0.05, 0) is 53.9 Å². The molecular formula is C22H14N2O6. The van der Waals surface area contributed by atoms with Gasteiger partial charge in [-0.3, -0.25) is 20.2 Å². The quantitative estimate of drug-likeness (QED) is 0.279. The zero-order valence-electron chi connectivity index (χ0n) is 15.4. The number of nitro benzene ring substituents is 2. The van der Waals surface area contributed by atoms with Gasteiger partial charge >= 0.3 is 0 Å². The Kier molecular flexibility index (Phi) is 4.96. The first kappa shape index (κ1) is 18.9. The van der Waals surface area contributed by atoms with E-state index >= 15 is 0 Å². The van der Waals surface area contributed by atoms with Gasteiger partial charge in [-0.15, -0.1) is 0 Å². The fourth-order valence-electron chi connectivity index (χ4n) is 2.92. The van der Waals surface area contributed by atoms with Gasteiger partial charge in [-0.2, -0.15) is 0 Å². The van der Waals surface area contributed by atoms with E-state index in [0.717, 1.165) is 10.8 Å². The van der Waals surface area contributed by atoms with Gasteiger partial charge < -0.3 is 9.47 Å². The summed E-state index contributed by atoms with van der Waals surface area (Å²) in [6, 6.07) is 22.7. The van der Waals surface area contributed by atoms with Crippen LogP contribution < -0.4 is 9.47 Å². The molecule has 0 aliphatic heterocycles. The summed E-state index contributed by atoms with van der Waals surface area (Å²) in [5.41, 5.74) is -0.0119. The van der Waals surface area contributed by atoms with Crippen LogP contribution in [-0.2, 0) is 0 Å². The Bertz CT molecular complexity index is 1240. The summed E-state index contributed by atoms with van der Waals surface area (Å²) in [6.45, 7) is 0. The fourth-order valence-corrected chi connectivity index (χ4v) is 2.92. The highest BCUT2D eigenvalue weighted by molar-refractivity contribution is 5.89. The first-order valence-corrected chi connectivity index (χ1v) is 8.87. The van der Waals surface area contributed by atoms with Crippen molar-refractivity contribution in [3.8, 4) is 23.0 Å². The van der Waals surface area contributed by atoms with Crippen molar-refractivity contribution in [2.45, 2.75) is 0 Å². The summed E-state index contributed by atoms with van der Waals surface area (Å²) >= 11 is 0. The fraction of sp³-hybridized carbons (Fsp3) is 0. The van der Waals surface area contributed by atoms with Crippen molar-refractivity contribution in [2.75, 3.05) is 0 Å². The van der Waals surface area contributed by atoms with E-state index in [1.807, 2.05) is 24.3 Å². The van der Waals surface area contributed by atoms with Crippen LogP contribution in [0.3, 0.4) is 0 Å². The Balaban J connectivity index is 1.57. The summed E-state index contributed by atoms with van der Waals surface area (Å²) in [5.74, 6) is 2.14. The summed E-state index contributed by atoms with van der Waals surface area (Å²) in [7, 11) is 0. The molecule has 30 heavy (non-hydrogen) atoms. The maximum absolute atomic E-state index is 10.8. The Hall–Kier alpha value is -4.46. The van der Waals surface area contributed by atoms with Crippen LogP contribution in [-0.4, -0.2) is 9.85 Å². The molecule has 0 heterocycles. The van der Waals surface area contributed by atoms with E-state index in [9.17, 15) is 20.2 Å². The lowest BCUT2D eigenvalue weighted by atomic mass is 10.1. The van der Waals surface area contributed by atoms with E-state index in [-0.39, 0.29) is 11.4 Å². The average molecular weight is 402 g/mol. The highest BCUT2D eigenvalue weighted by atomic mass is 16.6. The minimum absolute atomic E-state index is 0.00565. The lowest BCUT2D eigenvalue weighted by Gasteiger charge is -2.11. The van der Waals surface area contributed by atoms with Gasteiger partial charge in [0.2, 0.25) is 0 Å². The lowest BCUT2D eigenvalue weighted by Crippen LogP contribution is -1.90. The molecule has 0 aliphatic carbocycles. The molecule has 0 amide bonds. The predicted octanol–water partition coefficient (Wildman–Crippen LogP) is 6.24. The number of benzene rings is 4. The number of non-ortho nitro benzene ring substituents is 2. The molecule has 0 saturated carbocycles. The Morgan fingerprint density at radius 2 is 1.13 bits per heavy atom. The van der Waals surface area contributed by atoms with E-state index in [1.165, 1.54) is 36.4 Å².